The van der Waals surface area contributed by atoms with Crippen molar-refractivity contribution in [2.75, 3.05) is 18.0 Å². The van der Waals surface area contributed by atoms with Crippen LogP contribution < -0.4 is 10.2 Å². The van der Waals surface area contributed by atoms with Crippen LogP contribution in [0.15, 0.2) is 24.3 Å². The predicted octanol–water partition coefficient (Wildman–Crippen LogP) is 2.79. The molecule has 1 saturated heterocycles. The number of halogens is 1. The number of benzene rings is 1. The highest BCUT2D eigenvalue weighted by Gasteiger charge is 2.33. The molecule has 0 spiro atoms. The molecule has 0 saturated carbocycles. The standard InChI is InChI=1S/C14H21FN2/c1-4-14(3)10-17(11(2)9-16-14)13-8-6-5-7-12(13)15/h5-8,11,16H,4,9-10H2,1-3H3. The first-order chi connectivity index (χ1) is 8.06. The summed E-state index contributed by atoms with van der Waals surface area (Å²) in [5.41, 5.74) is 0.801. The van der Waals surface area contributed by atoms with Gasteiger partial charge in [-0.2, -0.15) is 0 Å². The Balaban J connectivity index is 2.27. The van der Waals surface area contributed by atoms with Gasteiger partial charge in [0.2, 0.25) is 0 Å². The summed E-state index contributed by atoms with van der Waals surface area (Å²) in [7, 11) is 0. The van der Waals surface area contributed by atoms with Crippen LogP contribution >= 0.6 is 0 Å². The van der Waals surface area contributed by atoms with Crippen LogP contribution in [-0.2, 0) is 0 Å². The SMILES string of the molecule is CCC1(C)CN(c2ccccc2F)C(C)CN1. The van der Waals surface area contributed by atoms with Crippen molar-refractivity contribution in [2.24, 2.45) is 0 Å². The second-order valence-electron chi connectivity index (χ2n) is 5.22. The molecule has 0 aromatic heterocycles. The normalized spacial score (nSPS) is 29.4. The van der Waals surface area contributed by atoms with Gasteiger partial charge in [-0.3, -0.25) is 0 Å². The van der Waals surface area contributed by atoms with E-state index in [0.717, 1.165) is 25.2 Å². The number of hydrogen-bond acceptors (Lipinski definition) is 2. The first-order valence-corrected chi connectivity index (χ1v) is 6.32. The summed E-state index contributed by atoms with van der Waals surface area (Å²) in [6.07, 6.45) is 1.05. The molecule has 2 atom stereocenters. The molecule has 2 nitrogen and oxygen atoms in total. The molecular weight excluding hydrogens is 215 g/mol. The summed E-state index contributed by atoms with van der Waals surface area (Å²) in [6, 6.07) is 7.37. The van der Waals surface area contributed by atoms with E-state index >= 15 is 0 Å². The molecule has 1 aromatic rings. The maximum atomic E-state index is 13.8. The molecule has 1 aliphatic heterocycles. The number of hydrogen-bond donors (Lipinski definition) is 1. The maximum absolute atomic E-state index is 13.8. The Kier molecular flexibility index (Phi) is 3.38. The smallest absolute Gasteiger partial charge is 0.146 e. The highest BCUT2D eigenvalue weighted by atomic mass is 19.1. The maximum Gasteiger partial charge on any atom is 0.146 e. The molecule has 1 fully saturated rings. The van der Waals surface area contributed by atoms with Crippen molar-refractivity contribution in [3.05, 3.63) is 30.1 Å². The number of nitrogens with one attached hydrogen (secondary N) is 1. The van der Waals surface area contributed by atoms with Crippen LogP contribution in [0.1, 0.15) is 27.2 Å². The third-order valence-electron chi connectivity index (χ3n) is 3.82. The summed E-state index contributed by atoms with van der Waals surface area (Å²) in [5.74, 6) is -0.125. The average molecular weight is 236 g/mol. The zero-order chi connectivity index (χ0) is 12.5. The lowest BCUT2D eigenvalue weighted by molar-refractivity contribution is 0.284. The zero-order valence-corrected chi connectivity index (χ0v) is 10.8. The number of rotatable bonds is 2. The lowest BCUT2D eigenvalue weighted by Gasteiger charge is -2.46. The summed E-state index contributed by atoms with van der Waals surface area (Å²) >= 11 is 0. The molecule has 0 amide bonds. The van der Waals surface area contributed by atoms with E-state index in [4.69, 9.17) is 0 Å². The van der Waals surface area contributed by atoms with E-state index in [-0.39, 0.29) is 11.4 Å². The van der Waals surface area contributed by atoms with Gasteiger partial charge in [-0.25, -0.2) is 4.39 Å². The van der Waals surface area contributed by atoms with Gasteiger partial charge < -0.3 is 10.2 Å². The fraction of sp³-hybridized carbons (Fsp3) is 0.571. The molecule has 0 bridgehead atoms. The third-order valence-corrected chi connectivity index (χ3v) is 3.82. The van der Waals surface area contributed by atoms with Gasteiger partial charge in [0.25, 0.3) is 0 Å². The van der Waals surface area contributed by atoms with Crippen molar-refractivity contribution in [1.82, 2.24) is 5.32 Å². The molecule has 2 rings (SSSR count). The Morgan fingerprint density at radius 1 is 1.47 bits per heavy atom. The second-order valence-corrected chi connectivity index (χ2v) is 5.22. The molecule has 1 N–H and O–H groups in total. The minimum atomic E-state index is -0.125. The lowest BCUT2D eigenvalue weighted by Crippen LogP contribution is -2.62. The highest BCUT2D eigenvalue weighted by Crippen LogP contribution is 2.27. The van der Waals surface area contributed by atoms with Crippen molar-refractivity contribution in [3.8, 4) is 0 Å². The monoisotopic (exact) mass is 236 g/mol. The molecule has 3 heteroatoms. The second kappa shape index (κ2) is 4.65. The van der Waals surface area contributed by atoms with Crippen molar-refractivity contribution >= 4 is 5.69 Å². The lowest BCUT2D eigenvalue weighted by atomic mass is 9.93. The number of anilines is 1. The average Bonchev–Trinajstić information content (AvgIpc) is 2.34. The molecular formula is C14H21FN2. The fourth-order valence-electron chi connectivity index (χ4n) is 2.34. The molecule has 17 heavy (non-hydrogen) atoms. The number of piperazine rings is 1. The van der Waals surface area contributed by atoms with Crippen molar-refractivity contribution < 1.29 is 4.39 Å². The largest absolute Gasteiger partial charge is 0.363 e. The zero-order valence-electron chi connectivity index (χ0n) is 10.8. The van der Waals surface area contributed by atoms with Crippen LogP contribution in [0, 0.1) is 5.82 Å². The minimum Gasteiger partial charge on any atom is -0.363 e. The van der Waals surface area contributed by atoms with Crippen LogP contribution in [-0.4, -0.2) is 24.7 Å². The molecule has 1 heterocycles. The molecule has 94 valence electrons. The van der Waals surface area contributed by atoms with Gasteiger partial charge in [-0.15, -0.1) is 0 Å². The number of para-hydroxylation sites is 1. The Morgan fingerprint density at radius 3 is 2.82 bits per heavy atom. The highest BCUT2D eigenvalue weighted by molar-refractivity contribution is 5.49. The predicted molar refractivity (Wildman–Crippen MR) is 69.9 cm³/mol. The van der Waals surface area contributed by atoms with Gasteiger partial charge in [0.1, 0.15) is 5.82 Å². The van der Waals surface area contributed by atoms with Crippen LogP contribution in [0.25, 0.3) is 0 Å². The molecule has 0 radical (unpaired) electrons. The minimum absolute atomic E-state index is 0.0782. The molecule has 0 aliphatic carbocycles. The van der Waals surface area contributed by atoms with E-state index in [2.05, 4.69) is 31.0 Å². The van der Waals surface area contributed by atoms with Crippen LogP contribution in [0.3, 0.4) is 0 Å². The van der Waals surface area contributed by atoms with Crippen LogP contribution in [0.5, 0.6) is 0 Å². The molecule has 1 aromatic carbocycles. The Bertz CT molecular complexity index is 394. The van der Waals surface area contributed by atoms with E-state index in [9.17, 15) is 4.39 Å². The van der Waals surface area contributed by atoms with Gasteiger partial charge >= 0.3 is 0 Å². The Morgan fingerprint density at radius 2 is 2.18 bits per heavy atom. The number of nitrogens with zero attached hydrogens (tertiary/aromatic N) is 1. The van der Waals surface area contributed by atoms with Gasteiger partial charge in [0.05, 0.1) is 5.69 Å². The first kappa shape index (κ1) is 12.4. The van der Waals surface area contributed by atoms with Crippen molar-refractivity contribution in [1.29, 1.82) is 0 Å². The van der Waals surface area contributed by atoms with E-state index in [1.165, 1.54) is 6.07 Å². The Hall–Kier alpha value is -1.09. The quantitative estimate of drug-likeness (QED) is 0.849. The fourth-order valence-corrected chi connectivity index (χ4v) is 2.34. The van der Waals surface area contributed by atoms with E-state index < -0.39 is 0 Å². The first-order valence-electron chi connectivity index (χ1n) is 6.32. The third kappa shape index (κ3) is 2.44. The molecule has 2 unspecified atom stereocenters. The van der Waals surface area contributed by atoms with Gasteiger partial charge in [-0.05, 0) is 32.4 Å². The van der Waals surface area contributed by atoms with Gasteiger partial charge in [0, 0.05) is 24.7 Å². The Labute approximate surface area is 103 Å². The van der Waals surface area contributed by atoms with E-state index in [1.54, 1.807) is 6.07 Å². The van der Waals surface area contributed by atoms with Gasteiger partial charge in [-0.1, -0.05) is 19.1 Å². The van der Waals surface area contributed by atoms with E-state index in [0.29, 0.717) is 6.04 Å². The summed E-state index contributed by atoms with van der Waals surface area (Å²) in [5, 5.41) is 3.55. The van der Waals surface area contributed by atoms with Crippen molar-refractivity contribution in [3.63, 3.8) is 0 Å². The van der Waals surface area contributed by atoms with Crippen molar-refractivity contribution in [2.45, 2.75) is 38.8 Å². The molecule has 1 aliphatic rings. The summed E-state index contributed by atoms with van der Waals surface area (Å²) in [4.78, 5) is 2.18. The summed E-state index contributed by atoms with van der Waals surface area (Å²) in [6.45, 7) is 8.26. The van der Waals surface area contributed by atoms with Crippen LogP contribution in [0.4, 0.5) is 10.1 Å². The van der Waals surface area contributed by atoms with Gasteiger partial charge in [0.15, 0.2) is 0 Å². The summed E-state index contributed by atoms with van der Waals surface area (Å²) < 4.78 is 13.8. The topological polar surface area (TPSA) is 15.3 Å². The van der Waals surface area contributed by atoms with E-state index in [1.807, 2.05) is 12.1 Å². The van der Waals surface area contributed by atoms with Crippen LogP contribution in [0.2, 0.25) is 0 Å².